The van der Waals surface area contributed by atoms with Gasteiger partial charge in [-0.3, -0.25) is 0 Å². The fourth-order valence-corrected chi connectivity index (χ4v) is 4.32. The zero-order valence-corrected chi connectivity index (χ0v) is 15.2. The van der Waals surface area contributed by atoms with Crippen molar-refractivity contribution < 1.29 is 43.8 Å². The Bertz CT molecular complexity index is 997. The SMILES string of the molecule is CC(=O)Nc1cc(O)ccc1[As](=O)(O)OC(=O)c1cc(F)c(F)c(F)c1F. The summed E-state index contributed by atoms with van der Waals surface area (Å²) in [6.45, 7) is 1.05. The van der Waals surface area contributed by atoms with Crippen molar-refractivity contribution in [2.24, 2.45) is 0 Å². The van der Waals surface area contributed by atoms with Crippen LogP contribution in [0.15, 0.2) is 24.3 Å². The molecule has 0 bridgehead atoms. The van der Waals surface area contributed by atoms with E-state index in [2.05, 4.69) is 9.04 Å². The normalized spacial score (nSPS) is 13.0. The van der Waals surface area contributed by atoms with Crippen LogP contribution >= 0.6 is 0 Å². The van der Waals surface area contributed by atoms with E-state index in [0.717, 1.165) is 25.1 Å². The van der Waals surface area contributed by atoms with E-state index >= 15 is 0 Å². The summed E-state index contributed by atoms with van der Waals surface area (Å²) in [6.07, 6.45) is 0. The van der Waals surface area contributed by atoms with Gasteiger partial charge in [-0.2, -0.15) is 0 Å². The number of nitrogens with one attached hydrogen (secondary N) is 1. The first-order valence-electron chi connectivity index (χ1n) is 6.95. The predicted octanol–water partition coefficient (Wildman–Crippen LogP) is 1.33. The summed E-state index contributed by atoms with van der Waals surface area (Å²) in [5, 5.41) is 11.5. The number of hydrogen-bond acceptors (Lipinski definition) is 5. The van der Waals surface area contributed by atoms with Crippen molar-refractivity contribution in [3.63, 3.8) is 0 Å². The van der Waals surface area contributed by atoms with Gasteiger partial charge in [0, 0.05) is 0 Å². The summed E-state index contributed by atoms with van der Waals surface area (Å²) in [4.78, 5) is 23.1. The van der Waals surface area contributed by atoms with Gasteiger partial charge >= 0.3 is 151 Å². The van der Waals surface area contributed by atoms with E-state index in [0.29, 0.717) is 0 Å². The van der Waals surface area contributed by atoms with Gasteiger partial charge in [-0.25, -0.2) is 0 Å². The van der Waals surface area contributed by atoms with Crippen LogP contribution in [0.3, 0.4) is 0 Å². The molecule has 0 aromatic heterocycles. The van der Waals surface area contributed by atoms with Crippen molar-refractivity contribution in [3.05, 3.63) is 53.1 Å². The van der Waals surface area contributed by atoms with Crippen LogP contribution in [-0.2, 0) is 12.3 Å². The van der Waals surface area contributed by atoms with Gasteiger partial charge in [0.05, 0.1) is 0 Å². The van der Waals surface area contributed by atoms with Gasteiger partial charge in [0.1, 0.15) is 0 Å². The van der Waals surface area contributed by atoms with Crippen LogP contribution in [0.2, 0.25) is 0 Å². The number of anilines is 1. The molecule has 144 valence electrons. The third kappa shape index (κ3) is 4.32. The first-order chi connectivity index (χ1) is 12.4. The third-order valence-electron chi connectivity index (χ3n) is 3.12. The van der Waals surface area contributed by atoms with Crippen LogP contribution in [0.25, 0.3) is 0 Å². The monoisotopic (exact) mass is 451 g/mol. The molecule has 12 heteroatoms. The minimum atomic E-state index is -5.86. The van der Waals surface area contributed by atoms with Crippen molar-refractivity contribution in [3.8, 4) is 5.75 Å². The second-order valence-corrected chi connectivity index (χ2v) is 8.71. The summed E-state index contributed by atoms with van der Waals surface area (Å²) in [5.74, 6) is -11.5. The Morgan fingerprint density at radius 3 is 2.30 bits per heavy atom. The number of hydrogen-bond donors (Lipinski definition) is 3. The van der Waals surface area contributed by atoms with Crippen LogP contribution in [0.4, 0.5) is 23.2 Å². The molecule has 0 fully saturated rings. The Labute approximate surface area is 151 Å². The molecule has 0 aliphatic carbocycles. The van der Waals surface area contributed by atoms with Crippen molar-refractivity contribution in [1.29, 1.82) is 0 Å². The van der Waals surface area contributed by atoms with Gasteiger partial charge in [0.15, 0.2) is 0 Å². The van der Waals surface area contributed by atoms with E-state index in [9.17, 15) is 40.1 Å². The number of amides is 1. The number of halogens is 4. The Kier molecular flexibility index (Phi) is 5.67. The van der Waals surface area contributed by atoms with E-state index in [-0.39, 0.29) is 11.8 Å². The summed E-state index contributed by atoms with van der Waals surface area (Å²) < 4.78 is 79.2. The zero-order valence-electron chi connectivity index (χ0n) is 13.3. The van der Waals surface area contributed by atoms with Crippen LogP contribution in [0.5, 0.6) is 5.75 Å². The average molecular weight is 451 g/mol. The average Bonchev–Trinajstić information content (AvgIpc) is 2.55. The maximum atomic E-state index is 13.6. The van der Waals surface area contributed by atoms with E-state index in [1.165, 1.54) is 0 Å². The van der Waals surface area contributed by atoms with Crippen LogP contribution in [0, 0.1) is 23.3 Å². The molecule has 3 N–H and O–H groups in total. The topological polar surface area (TPSA) is 113 Å². The Morgan fingerprint density at radius 1 is 1.07 bits per heavy atom. The van der Waals surface area contributed by atoms with Crippen molar-refractivity contribution in [2.75, 3.05) is 5.32 Å². The molecule has 1 atom stereocenters. The van der Waals surface area contributed by atoms with Crippen molar-refractivity contribution >= 4 is 36.1 Å². The van der Waals surface area contributed by atoms with E-state index in [1.807, 2.05) is 0 Å². The summed E-state index contributed by atoms with van der Waals surface area (Å²) in [5.41, 5.74) is -1.82. The molecule has 0 aliphatic rings. The summed E-state index contributed by atoms with van der Waals surface area (Å²) in [6, 6.07) is 2.65. The molecule has 1 amide bonds. The second-order valence-electron chi connectivity index (χ2n) is 5.13. The van der Waals surface area contributed by atoms with E-state index < -0.39 is 65.0 Å². The molecule has 0 saturated carbocycles. The molecule has 2 rings (SSSR count). The Balaban J connectivity index is 2.44. The van der Waals surface area contributed by atoms with Crippen LogP contribution in [-0.4, -0.2) is 35.3 Å². The molecule has 1 unspecified atom stereocenters. The quantitative estimate of drug-likeness (QED) is 0.280. The number of rotatable bonds is 4. The van der Waals surface area contributed by atoms with Gasteiger partial charge in [-0.15, -0.1) is 0 Å². The third-order valence-corrected chi connectivity index (χ3v) is 6.09. The molecule has 0 heterocycles. The molecule has 0 saturated heterocycles. The summed E-state index contributed by atoms with van der Waals surface area (Å²) >= 11 is -5.86. The molecule has 0 spiro atoms. The second kappa shape index (κ2) is 7.45. The molecular formula is C15H10AsF4NO6. The fourth-order valence-electron chi connectivity index (χ4n) is 1.99. The first kappa shape index (κ1) is 20.5. The number of aromatic hydroxyl groups is 1. The van der Waals surface area contributed by atoms with Crippen molar-refractivity contribution in [1.82, 2.24) is 0 Å². The molecule has 27 heavy (non-hydrogen) atoms. The zero-order chi connectivity index (χ0) is 20.5. The van der Waals surface area contributed by atoms with E-state index in [1.54, 1.807) is 0 Å². The van der Waals surface area contributed by atoms with Gasteiger partial charge in [0.25, 0.3) is 0 Å². The number of carbonyl (C=O) groups excluding carboxylic acids is 2. The number of phenolic OH excluding ortho intramolecular Hbond substituents is 1. The first-order valence-corrected chi connectivity index (χ1v) is 10.3. The van der Waals surface area contributed by atoms with E-state index in [4.69, 9.17) is 0 Å². The molecule has 0 radical (unpaired) electrons. The fraction of sp³-hybridized carbons (Fsp3) is 0.0667. The molecule has 2 aromatic rings. The molecule has 0 aliphatic heterocycles. The molecule has 2 aromatic carbocycles. The van der Waals surface area contributed by atoms with Crippen LogP contribution < -0.4 is 9.67 Å². The van der Waals surface area contributed by atoms with Gasteiger partial charge in [0.2, 0.25) is 0 Å². The Morgan fingerprint density at radius 2 is 1.70 bits per heavy atom. The number of phenols is 1. The van der Waals surface area contributed by atoms with Crippen LogP contribution in [0.1, 0.15) is 17.3 Å². The van der Waals surface area contributed by atoms with Gasteiger partial charge < -0.3 is 0 Å². The number of benzene rings is 2. The standard InChI is InChI=1S/C15H10AsF4NO6/c1-6(22)21-11-4-7(23)2-3-9(11)16(25,26)27-15(24)8-5-10(17)13(19)14(20)12(8)18/h2-5,23H,1H3,(H,21,22)(H,25,26). The van der Waals surface area contributed by atoms with Gasteiger partial charge in [-0.05, 0) is 0 Å². The maximum absolute atomic E-state index is 13.6. The number of carbonyl (C=O) groups is 2. The summed E-state index contributed by atoms with van der Waals surface area (Å²) in [7, 11) is 0. The van der Waals surface area contributed by atoms with Crippen molar-refractivity contribution in [2.45, 2.75) is 6.92 Å². The Hall–Kier alpha value is -2.78. The predicted molar refractivity (Wildman–Crippen MR) is 82.4 cm³/mol. The van der Waals surface area contributed by atoms with Gasteiger partial charge in [-0.1, -0.05) is 0 Å². The minimum absolute atomic E-state index is 0.0303. The molecule has 7 nitrogen and oxygen atoms in total. The molecular weight excluding hydrogens is 441 g/mol.